The molecule has 114 valence electrons. The summed E-state index contributed by atoms with van der Waals surface area (Å²) in [5.41, 5.74) is 0. The monoisotopic (exact) mass is 268 g/mol. The fourth-order valence-corrected chi connectivity index (χ4v) is 3.14. The van der Waals surface area contributed by atoms with Gasteiger partial charge in [0.15, 0.2) is 0 Å². The van der Waals surface area contributed by atoms with Crippen LogP contribution in [0.5, 0.6) is 0 Å². The van der Waals surface area contributed by atoms with E-state index in [1.807, 2.05) is 0 Å². The smallest absolute Gasteiger partial charge is 0.0221 e. The largest absolute Gasteiger partial charge is 0.311 e. The molecule has 0 amide bonds. The van der Waals surface area contributed by atoms with Crippen molar-refractivity contribution in [2.45, 2.75) is 84.7 Å². The summed E-state index contributed by atoms with van der Waals surface area (Å²) in [4.78, 5) is 2.76. The summed E-state index contributed by atoms with van der Waals surface area (Å²) in [5, 5.41) is 3.77. The van der Waals surface area contributed by atoms with Gasteiger partial charge in [-0.15, -0.1) is 0 Å². The Bertz CT molecular complexity index is 217. The first-order chi connectivity index (χ1) is 9.22. The zero-order valence-electron chi connectivity index (χ0n) is 13.8. The van der Waals surface area contributed by atoms with Crippen LogP contribution in [0.25, 0.3) is 0 Å². The predicted octanol–water partition coefficient (Wildman–Crippen LogP) is 4.06. The van der Waals surface area contributed by atoms with Gasteiger partial charge in [0.05, 0.1) is 0 Å². The van der Waals surface area contributed by atoms with Crippen molar-refractivity contribution in [2.75, 3.05) is 19.6 Å². The molecule has 19 heavy (non-hydrogen) atoms. The highest BCUT2D eigenvalue weighted by Gasteiger charge is 2.28. The van der Waals surface area contributed by atoms with Gasteiger partial charge in [0, 0.05) is 25.2 Å². The van der Waals surface area contributed by atoms with Gasteiger partial charge < -0.3 is 5.32 Å². The molecule has 1 fully saturated rings. The maximum absolute atomic E-state index is 3.77. The molecule has 1 heterocycles. The lowest BCUT2D eigenvalue weighted by molar-refractivity contribution is 0.104. The van der Waals surface area contributed by atoms with E-state index in [1.54, 1.807) is 0 Å². The molecule has 2 nitrogen and oxygen atoms in total. The Morgan fingerprint density at radius 3 is 2.47 bits per heavy atom. The first-order valence-electron chi connectivity index (χ1n) is 8.70. The fraction of sp³-hybridized carbons (Fsp3) is 1.00. The summed E-state index contributed by atoms with van der Waals surface area (Å²) in [6.45, 7) is 13.1. The minimum atomic E-state index is 0.712. The van der Waals surface area contributed by atoms with Crippen molar-refractivity contribution in [1.82, 2.24) is 10.2 Å². The van der Waals surface area contributed by atoms with Crippen LogP contribution >= 0.6 is 0 Å². The van der Waals surface area contributed by atoms with Crippen molar-refractivity contribution in [3.05, 3.63) is 0 Å². The van der Waals surface area contributed by atoms with Crippen LogP contribution in [-0.2, 0) is 0 Å². The molecule has 0 saturated carbocycles. The zero-order chi connectivity index (χ0) is 14.1. The summed E-state index contributed by atoms with van der Waals surface area (Å²) in [5.74, 6) is 0.806. The van der Waals surface area contributed by atoms with Gasteiger partial charge in [0.25, 0.3) is 0 Å². The molecule has 3 unspecified atom stereocenters. The third-order valence-corrected chi connectivity index (χ3v) is 4.91. The molecule has 1 rings (SSSR count). The van der Waals surface area contributed by atoms with Gasteiger partial charge in [-0.2, -0.15) is 0 Å². The van der Waals surface area contributed by atoms with E-state index >= 15 is 0 Å². The topological polar surface area (TPSA) is 15.3 Å². The molecule has 2 heteroatoms. The average molecular weight is 268 g/mol. The van der Waals surface area contributed by atoms with Gasteiger partial charge in [0.1, 0.15) is 0 Å². The Labute approximate surface area is 121 Å². The van der Waals surface area contributed by atoms with Crippen LogP contribution < -0.4 is 5.32 Å². The SMILES string of the molecule is CCCCCCCN1CC(C(C)CC)NCC1CC. The molecule has 0 spiro atoms. The quantitative estimate of drug-likeness (QED) is 0.635. The van der Waals surface area contributed by atoms with E-state index in [0.717, 1.165) is 12.0 Å². The van der Waals surface area contributed by atoms with Crippen LogP contribution in [0.3, 0.4) is 0 Å². The zero-order valence-corrected chi connectivity index (χ0v) is 13.8. The highest BCUT2D eigenvalue weighted by atomic mass is 15.2. The molecule has 1 aliphatic rings. The molecular weight excluding hydrogens is 232 g/mol. The Morgan fingerprint density at radius 2 is 1.84 bits per heavy atom. The first-order valence-corrected chi connectivity index (χ1v) is 8.70. The summed E-state index contributed by atoms with van der Waals surface area (Å²) in [6.07, 6.45) is 9.57. The van der Waals surface area contributed by atoms with Crippen LogP contribution in [0, 0.1) is 5.92 Å². The second-order valence-corrected chi connectivity index (χ2v) is 6.37. The van der Waals surface area contributed by atoms with E-state index in [4.69, 9.17) is 0 Å². The lowest BCUT2D eigenvalue weighted by atomic mass is 9.94. The van der Waals surface area contributed by atoms with Crippen molar-refractivity contribution < 1.29 is 0 Å². The van der Waals surface area contributed by atoms with Crippen LogP contribution in [0.15, 0.2) is 0 Å². The fourth-order valence-electron chi connectivity index (χ4n) is 3.14. The molecule has 1 N–H and O–H groups in total. The highest BCUT2D eigenvalue weighted by Crippen LogP contribution is 2.18. The van der Waals surface area contributed by atoms with Crippen molar-refractivity contribution in [3.63, 3.8) is 0 Å². The van der Waals surface area contributed by atoms with Gasteiger partial charge in [-0.1, -0.05) is 59.8 Å². The molecule has 0 aromatic carbocycles. The van der Waals surface area contributed by atoms with E-state index in [0.29, 0.717) is 6.04 Å². The number of hydrogen-bond acceptors (Lipinski definition) is 2. The van der Waals surface area contributed by atoms with Gasteiger partial charge in [-0.25, -0.2) is 0 Å². The van der Waals surface area contributed by atoms with Crippen LogP contribution in [0.2, 0.25) is 0 Å². The number of piperazine rings is 1. The molecule has 0 bridgehead atoms. The third kappa shape index (κ3) is 5.83. The van der Waals surface area contributed by atoms with Crippen molar-refractivity contribution in [1.29, 1.82) is 0 Å². The van der Waals surface area contributed by atoms with E-state index in [2.05, 4.69) is 37.9 Å². The lowest BCUT2D eigenvalue weighted by Gasteiger charge is -2.42. The molecule has 1 saturated heterocycles. The second-order valence-electron chi connectivity index (χ2n) is 6.37. The third-order valence-electron chi connectivity index (χ3n) is 4.91. The maximum Gasteiger partial charge on any atom is 0.0221 e. The van der Waals surface area contributed by atoms with Crippen molar-refractivity contribution in [2.24, 2.45) is 5.92 Å². The molecule has 0 aliphatic carbocycles. The minimum absolute atomic E-state index is 0.712. The molecular formula is C17H36N2. The maximum atomic E-state index is 3.77. The van der Waals surface area contributed by atoms with Gasteiger partial charge in [-0.3, -0.25) is 4.90 Å². The Hall–Kier alpha value is -0.0800. The normalized spacial score (nSPS) is 26.5. The Kier molecular flexibility index (Phi) is 8.72. The number of rotatable bonds is 9. The van der Waals surface area contributed by atoms with Crippen LogP contribution in [-0.4, -0.2) is 36.6 Å². The molecule has 0 aromatic heterocycles. The summed E-state index contributed by atoms with van der Waals surface area (Å²) in [7, 11) is 0. The number of hydrogen-bond donors (Lipinski definition) is 1. The van der Waals surface area contributed by atoms with E-state index in [9.17, 15) is 0 Å². The first kappa shape index (κ1) is 17.0. The minimum Gasteiger partial charge on any atom is -0.311 e. The highest BCUT2D eigenvalue weighted by molar-refractivity contribution is 4.87. The number of nitrogens with one attached hydrogen (secondary N) is 1. The lowest BCUT2D eigenvalue weighted by Crippen LogP contribution is -2.58. The van der Waals surface area contributed by atoms with E-state index < -0.39 is 0 Å². The molecule has 0 aromatic rings. The van der Waals surface area contributed by atoms with Crippen molar-refractivity contribution in [3.8, 4) is 0 Å². The van der Waals surface area contributed by atoms with Gasteiger partial charge >= 0.3 is 0 Å². The van der Waals surface area contributed by atoms with Gasteiger partial charge in [0.2, 0.25) is 0 Å². The predicted molar refractivity (Wildman–Crippen MR) is 85.7 cm³/mol. The molecule has 1 aliphatic heterocycles. The standard InChI is InChI=1S/C17H36N2/c1-5-8-9-10-11-12-19-14-17(15(4)6-2)18-13-16(19)7-3/h15-18H,5-14H2,1-4H3. The van der Waals surface area contributed by atoms with Gasteiger partial charge in [-0.05, 0) is 25.3 Å². The summed E-state index contributed by atoms with van der Waals surface area (Å²) >= 11 is 0. The number of nitrogens with zero attached hydrogens (tertiary/aromatic N) is 1. The number of unbranched alkanes of at least 4 members (excludes halogenated alkanes) is 4. The Balaban J connectivity index is 2.33. The van der Waals surface area contributed by atoms with E-state index in [-0.39, 0.29) is 0 Å². The van der Waals surface area contributed by atoms with Crippen molar-refractivity contribution >= 4 is 0 Å². The summed E-state index contributed by atoms with van der Waals surface area (Å²) in [6, 6.07) is 1.48. The van der Waals surface area contributed by atoms with Crippen LogP contribution in [0.1, 0.15) is 72.6 Å². The molecule has 3 atom stereocenters. The second kappa shape index (κ2) is 9.77. The Morgan fingerprint density at radius 1 is 1.11 bits per heavy atom. The molecule has 0 radical (unpaired) electrons. The van der Waals surface area contributed by atoms with Crippen LogP contribution in [0.4, 0.5) is 0 Å². The average Bonchev–Trinajstić information content (AvgIpc) is 2.46. The van der Waals surface area contributed by atoms with E-state index in [1.165, 1.54) is 64.6 Å². The summed E-state index contributed by atoms with van der Waals surface area (Å²) < 4.78 is 0.